The predicted octanol–water partition coefficient (Wildman–Crippen LogP) is 4.58. The Morgan fingerprint density at radius 2 is 1.75 bits per heavy atom. The van der Waals surface area contributed by atoms with Gasteiger partial charge in [0.2, 0.25) is 10.0 Å². The number of benzene rings is 3. The molecule has 0 saturated heterocycles. The highest BCUT2D eigenvalue weighted by molar-refractivity contribution is 7.89. The Labute approximate surface area is 212 Å². The summed E-state index contributed by atoms with van der Waals surface area (Å²) in [5, 5.41) is 11.1. The second-order valence-electron chi connectivity index (χ2n) is 7.90. The number of thiazole rings is 1. The number of aryl methyl sites for hydroxylation is 1. The average molecular weight is 525 g/mol. The molecular weight excluding hydrogens is 500 g/mol. The van der Waals surface area contributed by atoms with Crippen molar-refractivity contribution in [3.8, 4) is 0 Å². The minimum absolute atomic E-state index is 0.0323. The molecule has 1 amide bonds. The number of nitro benzene ring substituents is 1. The van der Waals surface area contributed by atoms with Gasteiger partial charge in [0.15, 0.2) is 4.80 Å². The summed E-state index contributed by atoms with van der Waals surface area (Å²) in [6.07, 6.45) is 0. The van der Waals surface area contributed by atoms with E-state index < -0.39 is 20.9 Å². The molecule has 3 aromatic carbocycles. The van der Waals surface area contributed by atoms with Crippen LogP contribution < -0.4 is 4.80 Å². The highest BCUT2D eigenvalue weighted by Crippen LogP contribution is 2.24. The van der Waals surface area contributed by atoms with Crippen LogP contribution in [0.15, 0.2) is 82.7 Å². The van der Waals surface area contributed by atoms with Crippen molar-refractivity contribution in [2.45, 2.75) is 31.8 Å². The fraction of sp³-hybridized carbons (Fsp3) is 0.200. The van der Waals surface area contributed by atoms with Crippen LogP contribution in [0.4, 0.5) is 5.69 Å². The minimum atomic E-state index is -3.76. The second-order valence-corrected chi connectivity index (χ2v) is 10.8. The lowest BCUT2D eigenvalue weighted by molar-refractivity contribution is -0.384. The van der Waals surface area contributed by atoms with Gasteiger partial charge in [0.25, 0.3) is 11.6 Å². The fourth-order valence-corrected chi connectivity index (χ4v) is 6.35. The number of non-ortho nitro benzene ring substituents is 1. The molecule has 0 saturated carbocycles. The number of fused-ring (bicyclic) bond motifs is 1. The van der Waals surface area contributed by atoms with Crippen molar-refractivity contribution in [3.63, 3.8) is 0 Å². The van der Waals surface area contributed by atoms with E-state index in [0.29, 0.717) is 22.6 Å². The van der Waals surface area contributed by atoms with Gasteiger partial charge in [-0.15, -0.1) is 0 Å². The number of hydrogen-bond acceptors (Lipinski definition) is 6. The molecule has 9 nitrogen and oxygen atoms in total. The van der Waals surface area contributed by atoms with Gasteiger partial charge in [0.1, 0.15) is 0 Å². The lowest BCUT2D eigenvalue weighted by atomic mass is 10.2. The summed E-state index contributed by atoms with van der Waals surface area (Å²) in [5.74, 6) is -0.529. The van der Waals surface area contributed by atoms with Gasteiger partial charge in [-0.25, -0.2) is 8.42 Å². The van der Waals surface area contributed by atoms with E-state index in [1.165, 1.54) is 52.0 Å². The van der Waals surface area contributed by atoms with Crippen LogP contribution in [0, 0.1) is 10.1 Å². The zero-order chi connectivity index (χ0) is 25.9. The van der Waals surface area contributed by atoms with Gasteiger partial charge in [-0.1, -0.05) is 48.6 Å². The molecule has 4 aromatic rings. The van der Waals surface area contributed by atoms with E-state index in [-0.39, 0.29) is 22.7 Å². The minimum Gasteiger partial charge on any atom is -0.317 e. The first-order valence-corrected chi connectivity index (χ1v) is 13.5. The molecule has 0 N–H and O–H groups in total. The molecule has 0 fully saturated rings. The van der Waals surface area contributed by atoms with Crippen LogP contribution in [0.25, 0.3) is 10.2 Å². The van der Waals surface area contributed by atoms with Crippen molar-refractivity contribution in [2.24, 2.45) is 4.99 Å². The first-order valence-electron chi connectivity index (χ1n) is 11.3. The molecule has 0 radical (unpaired) electrons. The summed E-state index contributed by atoms with van der Waals surface area (Å²) in [7, 11) is -3.76. The summed E-state index contributed by atoms with van der Waals surface area (Å²) in [6.45, 7) is 4.74. The number of amides is 1. The van der Waals surface area contributed by atoms with Crippen molar-refractivity contribution < 1.29 is 18.1 Å². The first kappa shape index (κ1) is 25.4. The number of aromatic nitrogens is 1. The van der Waals surface area contributed by atoms with Crippen molar-refractivity contribution in [1.29, 1.82) is 0 Å². The molecule has 0 aliphatic carbocycles. The molecule has 0 aliphatic heterocycles. The zero-order valence-electron chi connectivity index (χ0n) is 19.7. The Bertz CT molecular complexity index is 1590. The maximum absolute atomic E-state index is 13.2. The van der Waals surface area contributed by atoms with E-state index in [1.54, 1.807) is 13.0 Å². The van der Waals surface area contributed by atoms with Gasteiger partial charge >= 0.3 is 0 Å². The number of nitro groups is 1. The molecule has 0 atom stereocenters. The van der Waals surface area contributed by atoms with Crippen LogP contribution in [-0.2, 0) is 23.1 Å². The van der Waals surface area contributed by atoms with Crippen LogP contribution in [0.2, 0.25) is 0 Å². The number of nitrogens with zero attached hydrogens (tertiary/aromatic N) is 4. The monoisotopic (exact) mass is 524 g/mol. The third-order valence-corrected chi connectivity index (χ3v) is 8.66. The second kappa shape index (κ2) is 10.5. The molecule has 0 aliphatic rings. The van der Waals surface area contributed by atoms with Gasteiger partial charge in [-0.3, -0.25) is 14.9 Å². The number of sulfonamides is 1. The third kappa shape index (κ3) is 5.13. The number of hydrogen-bond donors (Lipinski definition) is 0. The van der Waals surface area contributed by atoms with Gasteiger partial charge < -0.3 is 4.57 Å². The molecule has 0 bridgehead atoms. The molecule has 4 rings (SSSR count). The van der Waals surface area contributed by atoms with E-state index in [1.807, 2.05) is 41.8 Å². The van der Waals surface area contributed by atoms with Crippen LogP contribution in [0.3, 0.4) is 0 Å². The normalized spacial score (nSPS) is 12.4. The maximum atomic E-state index is 13.2. The van der Waals surface area contributed by atoms with Crippen molar-refractivity contribution in [3.05, 3.63) is 98.8 Å². The van der Waals surface area contributed by atoms with E-state index in [0.717, 1.165) is 11.1 Å². The van der Waals surface area contributed by atoms with Crippen molar-refractivity contribution >= 4 is 43.2 Å². The number of rotatable bonds is 8. The Hall–Kier alpha value is -3.67. The molecule has 0 spiro atoms. The van der Waals surface area contributed by atoms with Gasteiger partial charge in [-0.05, 0) is 42.8 Å². The van der Waals surface area contributed by atoms with E-state index in [9.17, 15) is 23.3 Å². The Balaban J connectivity index is 1.62. The quantitative estimate of drug-likeness (QED) is 0.247. The van der Waals surface area contributed by atoms with Crippen molar-refractivity contribution in [2.75, 3.05) is 6.54 Å². The summed E-state index contributed by atoms with van der Waals surface area (Å²) >= 11 is 1.19. The van der Waals surface area contributed by atoms with Crippen LogP contribution in [0.5, 0.6) is 0 Å². The summed E-state index contributed by atoms with van der Waals surface area (Å²) in [4.78, 5) is 28.2. The van der Waals surface area contributed by atoms with E-state index in [2.05, 4.69) is 4.99 Å². The molecule has 11 heteroatoms. The first-order chi connectivity index (χ1) is 17.2. The molecule has 1 heterocycles. The van der Waals surface area contributed by atoms with Crippen LogP contribution in [0.1, 0.15) is 29.8 Å². The molecular formula is C25H24N4O5S2. The summed E-state index contributed by atoms with van der Waals surface area (Å²) in [5.41, 5.74) is 1.84. The molecule has 36 heavy (non-hydrogen) atoms. The Morgan fingerprint density at radius 1 is 1.06 bits per heavy atom. The topological polar surface area (TPSA) is 115 Å². The highest BCUT2D eigenvalue weighted by atomic mass is 32.2. The molecule has 186 valence electrons. The standard InChI is InChI=1S/C25H24N4O5S2/c1-3-27(17-18-8-6-5-7-9-18)36(33,34)21-13-10-19(11-14-21)24(30)26-25-28(4-2)22-15-12-20(29(31)32)16-23(22)35-25/h5-16H,3-4,17H2,1-2H3. The van der Waals surface area contributed by atoms with Crippen LogP contribution in [-0.4, -0.2) is 34.7 Å². The summed E-state index contributed by atoms with van der Waals surface area (Å²) < 4.78 is 30.2. The Kier molecular flexibility index (Phi) is 7.43. The highest BCUT2D eigenvalue weighted by Gasteiger charge is 2.23. The smallest absolute Gasteiger partial charge is 0.279 e. The van der Waals surface area contributed by atoms with Gasteiger partial charge in [0, 0.05) is 37.3 Å². The third-order valence-electron chi connectivity index (χ3n) is 5.68. The van der Waals surface area contributed by atoms with Gasteiger partial charge in [-0.2, -0.15) is 9.30 Å². The summed E-state index contributed by atoms with van der Waals surface area (Å²) in [6, 6.07) is 19.6. The average Bonchev–Trinajstić information content (AvgIpc) is 3.23. The zero-order valence-corrected chi connectivity index (χ0v) is 21.3. The van der Waals surface area contributed by atoms with E-state index >= 15 is 0 Å². The largest absolute Gasteiger partial charge is 0.317 e. The number of carbonyl (C=O) groups is 1. The predicted molar refractivity (Wildman–Crippen MR) is 138 cm³/mol. The molecule has 1 aromatic heterocycles. The van der Waals surface area contributed by atoms with Crippen molar-refractivity contribution in [1.82, 2.24) is 8.87 Å². The lowest BCUT2D eigenvalue weighted by Crippen LogP contribution is -2.30. The maximum Gasteiger partial charge on any atom is 0.279 e. The SMILES string of the molecule is CCN(Cc1ccccc1)S(=O)(=O)c1ccc(C(=O)N=c2sc3cc([N+](=O)[O-])ccc3n2CC)cc1. The van der Waals surface area contributed by atoms with Gasteiger partial charge in [0.05, 0.1) is 20.0 Å². The van der Waals surface area contributed by atoms with E-state index in [4.69, 9.17) is 0 Å². The Morgan fingerprint density at radius 3 is 2.36 bits per heavy atom. The molecule has 0 unspecified atom stereocenters. The lowest BCUT2D eigenvalue weighted by Gasteiger charge is -2.20. The van der Waals surface area contributed by atoms with Crippen LogP contribution >= 0.6 is 11.3 Å². The number of carbonyl (C=O) groups excluding carboxylic acids is 1. The fourth-order valence-electron chi connectivity index (χ4n) is 3.79.